The van der Waals surface area contributed by atoms with E-state index in [-0.39, 0.29) is 18.0 Å². The normalized spacial score (nSPS) is 20.4. The standard InChI is InChI=1S/C19H25N3O3/c1-12-2-7-16-14(11-21-17(16)10-12)8-9-20-19(25)22-15-5-3-13(4-6-15)18(23)24/h2,7,10-11,13,15,21H,3-6,8-9H2,1H3,(H,23,24)(H2,20,22,25). The highest BCUT2D eigenvalue weighted by molar-refractivity contribution is 5.84. The van der Waals surface area contributed by atoms with Crippen LogP contribution in [0.15, 0.2) is 24.4 Å². The molecule has 134 valence electrons. The summed E-state index contributed by atoms with van der Waals surface area (Å²) in [5.74, 6) is -0.983. The molecule has 3 rings (SSSR count). The Balaban J connectivity index is 1.43. The average molecular weight is 343 g/mol. The van der Waals surface area contributed by atoms with Crippen molar-refractivity contribution in [3.8, 4) is 0 Å². The summed E-state index contributed by atoms with van der Waals surface area (Å²) in [4.78, 5) is 26.2. The second-order valence-corrected chi connectivity index (χ2v) is 6.90. The average Bonchev–Trinajstić information content (AvgIpc) is 2.97. The molecule has 1 aliphatic carbocycles. The first-order valence-electron chi connectivity index (χ1n) is 8.86. The molecule has 0 aliphatic heterocycles. The van der Waals surface area contributed by atoms with Crippen molar-refractivity contribution in [1.82, 2.24) is 15.6 Å². The van der Waals surface area contributed by atoms with Gasteiger partial charge < -0.3 is 20.7 Å². The molecule has 0 unspecified atom stereocenters. The van der Waals surface area contributed by atoms with Crippen LogP contribution in [0.3, 0.4) is 0 Å². The number of hydrogen-bond acceptors (Lipinski definition) is 2. The number of carboxylic acids is 1. The number of urea groups is 1. The van der Waals surface area contributed by atoms with E-state index in [1.165, 1.54) is 16.5 Å². The van der Waals surface area contributed by atoms with Crippen molar-refractivity contribution in [1.29, 1.82) is 0 Å². The molecule has 1 heterocycles. The SMILES string of the molecule is Cc1ccc2c(CCNC(=O)NC3CCC(C(=O)O)CC3)c[nH]c2c1. The third kappa shape index (κ3) is 4.32. The fraction of sp³-hybridized carbons (Fsp3) is 0.474. The fourth-order valence-corrected chi connectivity index (χ4v) is 3.54. The molecule has 1 fully saturated rings. The second kappa shape index (κ2) is 7.59. The zero-order valence-electron chi connectivity index (χ0n) is 14.5. The highest BCUT2D eigenvalue weighted by Crippen LogP contribution is 2.24. The van der Waals surface area contributed by atoms with Gasteiger partial charge in [-0.15, -0.1) is 0 Å². The van der Waals surface area contributed by atoms with E-state index in [1.54, 1.807) is 0 Å². The molecule has 1 aromatic carbocycles. The summed E-state index contributed by atoms with van der Waals surface area (Å²) in [6.07, 6.45) is 5.49. The number of rotatable bonds is 5. The number of nitrogens with one attached hydrogen (secondary N) is 3. The highest BCUT2D eigenvalue weighted by atomic mass is 16.4. The number of fused-ring (bicyclic) bond motifs is 1. The second-order valence-electron chi connectivity index (χ2n) is 6.90. The lowest BCUT2D eigenvalue weighted by atomic mass is 9.86. The third-order valence-corrected chi connectivity index (χ3v) is 5.01. The van der Waals surface area contributed by atoms with Gasteiger partial charge in [0.1, 0.15) is 0 Å². The minimum absolute atomic E-state index is 0.0756. The van der Waals surface area contributed by atoms with Crippen LogP contribution < -0.4 is 10.6 Å². The van der Waals surface area contributed by atoms with Gasteiger partial charge in [0, 0.05) is 29.7 Å². The van der Waals surface area contributed by atoms with E-state index in [9.17, 15) is 9.59 Å². The van der Waals surface area contributed by atoms with E-state index in [4.69, 9.17) is 5.11 Å². The van der Waals surface area contributed by atoms with E-state index in [2.05, 4.69) is 40.7 Å². The topological polar surface area (TPSA) is 94.2 Å². The summed E-state index contributed by atoms with van der Waals surface area (Å²) in [6.45, 7) is 2.63. The van der Waals surface area contributed by atoms with E-state index in [0.29, 0.717) is 19.4 Å². The first kappa shape index (κ1) is 17.3. The van der Waals surface area contributed by atoms with Crippen molar-refractivity contribution in [2.24, 2.45) is 5.92 Å². The maximum Gasteiger partial charge on any atom is 0.315 e. The quantitative estimate of drug-likeness (QED) is 0.672. The monoisotopic (exact) mass is 343 g/mol. The van der Waals surface area contributed by atoms with Crippen LogP contribution in [0.25, 0.3) is 10.9 Å². The Labute approximate surface area is 147 Å². The molecule has 0 spiro atoms. The first-order valence-corrected chi connectivity index (χ1v) is 8.86. The van der Waals surface area contributed by atoms with Gasteiger partial charge in [-0.25, -0.2) is 4.79 Å². The molecule has 1 aromatic heterocycles. The van der Waals surface area contributed by atoms with Gasteiger partial charge in [-0.05, 0) is 56.2 Å². The van der Waals surface area contributed by atoms with Gasteiger partial charge in [-0.2, -0.15) is 0 Å². The minimum Gasteiger partial charge on any atom is -0.481 e. The molecule has 0 atom stereocenters. The fourth-order valence-electron chi connectivity index (χ4n) is 3.54. The number of benzene rings is 1. The molecule has 0 saturated heterocycles. The first-order chi connectivity index (χ1) is 12.0. The Morgan fingerprint density at radius 2 is 2.00 bits per heavy atom. The zero-order valence-corrected chi connectivity index (χ0v) is 14.5. The predicted molar refractivity (Wildman–Crippen MR) is 96.7 cm³/mol. The molecule has 0 bridgehead atoms. The van der Waals surface area contributed by atoms with Crippen molar-refractivity contribution < 1.29 is 14.7 Å². The smallest absolute Gasteiger partial charge is 0.315 e. The van der Waals surface area contributed by atoms with Crippen molar-refractivity contribution in [3.63, 3.8) is 0 Å². The van der Waals surface area contributed by atoms with E-state index in [0.717, 1.165) is 24.8 Å². The number of aryl methyl sites for hydroxylation is 1. The summed E-state index contributed by atoms with van der Waals surface area (Å²) in [6, 6.07) is 6.22. The van der Waals surface area contributed by atoms with Crippen LogP contribution in [0.1, 0.15) is 36.8 Å². The van der Waals surface area contributed by atoms with Crippen LogP contribution in [0.2, 0.25) is 0 Å². The lowest BCUT2D eigenvalue weighted by Gasteiger charge is -2.26. The zero-order chi connectivity index (χ0) is 17.8. The third-order valence-electron chi connectivity index (χ3n) is 5.01. The minimum atomic E-state index is -0.725. The van der Waals surface area contributed by atoms with Gasteiger partial charge in [0.15, 0.2) is 0 Å². The van der Waals surface area contributed by atoms with Crippen molar-refractivity contribution in [2.75, 3.05) is 6.54 Å². The summed E-state index contributed by atoms with van der Waals surface area (Å²) >= 11 is 0. The highest BCUT2D eigenvalue weighted by Gasteiger charge is 2.26. The van der Waals surface area contributed by atoms with Gasteiger partial charge in [-0.3, -0.25) is 4.79 Å². The maximum atomic E-state index is 12.0. The molecular weight excluding hydrogens is 318 g/mol. The largest absolute Gasteiger partial charge is 0.481 e. The van der Waals surface area contributed by atoms with Crippen LogP contribution >= 0.6 is 0 Å². The number of carbonyl (C=O) groups is 2. The van der Waals surface area contributed by atoms with Gasteiger partial charge >= 0.3 is 12.0 Å². The Morgan fingerprint density at radius 1 is 1.24 bits per heavy atom. The number of aliphatic carboxylic acids is 1. The number of aromatic amines is 1. The molecule has 4 N–H and O–H groups in total. The number of H-pyrrole nitrogens is 1. The van der Waals surface area contributed by atoms with Crippen LogP contribution in [0.4, 0.5) is 4.79 Å². The molecular formula is C19H25N3O3. The maximum absolute atomic E-state index is 12.0. The molecule has 6 heteroatoms. The van der Waals surface area contributed by atoms with Crippen LogP contribution in [-0.2, 0) is 11.2 Å². The molecule has 2 aromatic rings. The van der Waals surface area contributed by atoms with E-state index < -0.39 is 5.97 Å². The van der Waals surface area contributed by atoms with Crippen LogP contribution in [-0.4, -0.2) is 34.7 Å². The lowest BCUT2D eigenvalue weighted by Crippen LogP contribution is -2.44. The molecule has 1 aliphatic rings. The van der Waals surface area contributed by atoms with E-state index >= 15 is 0 Å². The molecule has 6 nitrogen and oxygen atoms in total. The van der Waals surface area contributed by atoms with Gasteiger partial charge in [-0.1, -0.05) is 12.1 Å². The summed E-state index contributed by atoms with van der Waals surface area (Å²) in [5.41, 5.74) is 3.53. The molecule has 1 saturated carbocycles. The Bertz CT molecular complexity index is 760. The summed E-state index contributed by atoms with van der Waals surface area (Å²) in [5, 5.41) is 16.0. The van der Waals surface area contributed by atoms with Crippen LogP contribution in [0, 0.1) is 12.8 Å². The number of aromatic nitrogens is 1. The molecule has 0 radical (unpaired) electrons. The number of amides is 2. The number of hydrogen-bond donors (Lipinski definition) is 4. The number of carboxylic acid groups (broad SMARTS) is 1. The lowest BCUT2D eigenvalue weighted by molar-refractivity contribution is -0.142. The predicted octanol–water partition coefficient (Wildman–Crippen LogP) is 2.96. The summed E-state index contributed by atoms with van der Waals surface area (Å²) < 4.78 is 0. The van der Waals surface area contributed by atoms with Gasteiger partial charge in [0.25, 0.3) is 0 Å². The van der Waals surface area contributed by atoms with Gasteiger partial charge in [0.05, 0.1) is 5.92 Å². The Kier molecular flexibility index (Phi) is 5.26. The Hall–Kier alpha value is -2.50. The van der Waals surface area contributed by atoms with Crippen molar-refractivity contribution in [3.05, 3.63) is 35.5 Å². The van der Waals surface area contributed by atoms with E-state index in [1.807, 2.05) is 6.20 Å². The van der Waals surface area contributed by atoms with Crippen molar-refractivity contribution in [2.45, 2.75) is 45.1 Å². The Morgan fingerprint density at radius 3 is 2.72 bits per heavy atom. The van der Waals surface area contributed by atoms with Gasteiger partial charge in [0.2, 0.25) is 0 Å². The molecule has 2 amide bonds. The number of carbonyl (C=O) groups excluding carboxylic acids is 1. The van der Waals surface area contributed by atoms with Crippen molar-refractivity contribution >= 4 is 22.9 Å². The van der Waals surface area contributed by atoms with Crippen LogP contribution in [0.5, 0.6) is 0 Å². The molecule has 25 heavy (non-hydrogen) atoms. The summed E-state index contributed by atoms with van der Waals surface area (Å²) in [7, 11) is 0.